The highest BCUT2D eigenvalue weighted by molar-refractivity contribution is 9.10. The lowest BCUT2D eigenvalue weighted by Gasteiger charge is -2.23. The second kappa shape index (κ2) is 4.20. The molecule has 3 heteroatoms. The first kappa shape index (κ1) is 10.7. The first-order valence-corrected chi connectivity index (χ1v) is 5.11. The molecule has 0 aliphatic carbocycles. The molecular weight excluding hydrogens is 230 g/mol. The molecule has 0 atom stereocenters. The lowest BCUT2D eigenvalue weighted by Crippen LogP contribution is -2.22. The average molecular weight is 244 g/mol. The summed E-state index contributed by atoms with van der Waals surface area (Å²) >= 11 is 3.35. The Morgan fingerprint density at radius 2 is 2.15 bits per heavy atom. The third-order valence-electron chi connectivity index (χ3n) is 1.85. The fourth-order valence-electron chi connectivity index (χ4n) is 1.17. The molecule has 0 unspecified atom stereocenters. The van der Waals surface area contributed by atoms with Gasteiger partial charge in [0.05, 0.1) is 5.69 Å². The van der Waals surface area contributed by atoms with Crippen molar-refractivity contribution in [2.75, 3.05) is 6.61 Å². The molecule has 0 saturated heterocycles. The molecule has 0 N–H and O–H groups in total. The van der Waals surface area contributed by atoms with Crippen molar-refractivity contribution in [3.8, 4) is 0 Å². The summed E-state index contributed by atoms with van der Waals surface area (Å²) in [7, 11) is 0. The third kappa shape index (κ3) is 2.78. The molecule has 1 aromatic rings. The zero-order chi connectivity index (χ0) is 9.90. The second-order valence-corrected chi connectivity index (χ2v) is 4.22. The van der Waals surface area contributed by atoms with E-state index >= 15 is 0 Å². The van der Waals surface area contributed by atoms with Gasteiger partial charge in [0.15, 0.2) is 0 Å². The largest absolute Gasteiger partial charge is 0.370 e. The minimum absolute atomic E-state index is 0.296. The van der Waals surface area contributed by atoms with Crippen LogP contribution in [-0.4, -0.2) is 11.6 Å². The number of hydrogen-bond acceptors (Lipinski definition) is 2. The van der Waals surface area contributed by atoms with Gasteiger partial charge in [-0.25, -0.2) is 0 Å². The van der Waals surface area contributed by atoms with Crippen LogP contribution in [0.4, 0.5) is 0 Å². The molecule has 1 heterocycles. The predicted molar refractivity (Wildman–Crippen MR) is 56.6 cm³/mol. The normalized spacial score (nSPS) is 11.7. The van der Waals surface area contributed by atoms with E-state index in [1.165, 1.54) is 0 Å². The van der Waals surface area contributed by atoms with Gasteiger partial charge in [-0.2, -0.15) is 0 Å². The first-order valence-electron chi connectivity index (χ1n) is 4.32. The Morgan fingerprint density at radius 3 is 2.62 bits per heavy atom. The highest BCUT2D eigenvalue weighted by atomic mass is 79.9. The Bertz CT molecular complexity index is 269. The van der Waals surface area contributed by atoms with Crippen LogP contribution in [0.25, 0.3) is 0 Å². The Labute approximate surface area is 87.5 Å². The molecule has 0 aliphatic rings. The van der Waals surface area contributed by atoms with Crippen molar-refractivity contribution in [2.24, 2.45) is 0 Å². The molecule has 0 radical (unpaired) electrons. The van der Waals surface area contributed by atoms with Gasteiger partial charge in [0, 0.05) is 17.3 Å². The van der Waals surface area contributed by atoms with Crippen LogP contribution in [0.15, 0.2) is 22.8 Å². The van der Waals surface area contributed by atoms with Gasteiger partial charge in [-0.3, -0.25) is 4.98 Å². The van der Waals surface area contributed by atoms with Gasteiger partial charge < -0.3 is 4.74 Å². The smallest absolute Gasteiger partial charge is 0.104 e. The summed E-state index contributed by atoms with van der Waals surface area (Å²) in [6.07, 6.45) is 1.79. The fourth-order valence-corrected chi connectivity index (χ4v) is 1.40. The van der Waals surface area contributed by atoms with Crippen molar-refractivity contribution in [2.45, 2.75) is 26.4 Å². The summed E-state index contributed by atoms with van der Waals surface area (Å²) in [5.41, 5.74) is 0.660. The van der Waals surface area contributed by atoms with Gasteiger partial charge in [0.25, 0.3) is 0 Å². The number of rotatable bonds is 3. The quantitative estimate of drug-likeness (QED) is 0.814. The monoisotopic (exact) mass is 243 g/mol. The van der Waals surface area contributed by atoms with Gasteiger partial charge in [-0.15, -0.1) is 0 Å². The summed E-state index contributed by atoms with van der Waals surface area (Å²) in [5, 5.41) is 0. The van der Waals surface area contributed by atoms with Gasteiger partial charge in [0.2, 0.25) is 0 Å². The molecule has 0 bridgehead atoms. The van der Waals surface area contributed by atoms with Gasteiger partial charge in [-0.1, -0.05) is 0 Å². The predicted octanol–water partition coefficient (Wildman–Crippen LogP) is 3.12. The molecule has 72 valence electrons. The number of hydrogen-bond donors (Lipinski definition) is 0. The van der Waals surface area contributed by atoms with Gasteiger partial charge >= 0.3 is 0 Å². The number of aromatic nitrogens is 1. The number of pyridine rings is 1. The highest BCUT2D eigenvalue weighted by Crippen LogP contribution is 2.23. The van der Waals surface area contributed by atoms with Crippen LogP contribution >= 0.6 is 15.9 Å². The van der Waals surface area contributed by atoms with Crippen molar-refractivity contribution in [1.82, 2.24) is 4.98 Å². The molecule has 2 nitrogen and oxygen atoms in total. The lowest BCUT2D eigenvalue weighted by molar-refractivity contribution is -0.0173. The van der Waals surface area contributed by atoms with Crippen molar-refractivity contribution < 1.29 is 4.74 Å². The molecule has 0 aromatic carbocycles. The van der Waals surface area contributed by atoms with E-state index in [0.29, 0.717) is 6.61 Å². The van der Waals surface area contributed by atoms with E-state index in [-0.39, 0.29) is 5.60 Å². The molecule has 13 heavy (non-hydrogen) atoms. The van der Waals surface area contributed by atoms with E-state index in [2.05, 4.69) is 20.9 Å². The molecule has 1 rings (SSSR count). The SMILES string of the molecule is CCOC(C)(C)c1ccc(Br)cn1. The maximum absolute atomic E-state index is 5.58. The zero-order valence-electron chi connectivity index (χ0n) is 8.17. The maximum Gasteiger partial charge on any atom is 0.104 e. The minimum atomic E-state index is -0.296. The van der Waals surface area contributed by atoms with Gasteiger partial charge in [-0.05, 0) is 48.8 Å². The van der Waals surface area contributed by atoms with E-state index < -0.39 is 0 Å². The second-order valence-electron chi connectivity index (χ2n) is 3.30. The molecular formula is C10H14BrNO. The molecule has 0 spiro atoms. The molecule has 1 aromatic heterocycles. The van der Waals surface area contributed by atoms with Crippen LogP contribution < -0.4 is 0 Å². The molecule has 0 amide bonds. The topological polar surface area (TPSA) is 22.1 Å². The fraction of sp³-hybridized carbons (Fsp3) is 0.500. The molecule has 0 aliphatic heterocycles. The third-order valence-corrected chi connectivity index (χ3v) is 2.32. The van der Waals surface area contributed by atoms with Crippen molar-refractivity contribution in [3.63, 3.8) is 0 Å². The van der Waals surface area contributed by atoms with Crippen molar-refractivity contribution >= 4 is 15.9 Å². The highest BCUT2D eigenvalue weighted by Gasteiger charge is 2.21. The number of halogens is 1. The van der Waals surface area contributed by atoms with Crippen molar-refractivity contribution in [1.29, 1.82) is 0 Å². The van der Waals surface area contributed by atoms with Crippen LogP contribution in [-0.2, 0) is 10.3 Å². The lowest BCUT2D eigenvalue weighted by atomic mass is 10.0. The number of ether oxygens (including phenoxy) is 1. The van der Waals surface area contributed by atoms with E-state index in [1.807, 2.05) is 32.9 Å². The Kier molecular flexibility index (Phi) is 3.45. The molecule has 0 fully saturated rings. The Hall–Kier alpha value is -0.410. The van der Waals surface area contributed by atoms with Crippen LogP contribution in [0.5, 0.6) is 0 Å². The number of nitrogens with zero attached hydrogens (tertiary/aromatic N) is 1. The minimum Gasteiger partial charge on any atom is -0.370 e. The summed E-state index contributed by atoms with van der Waals surface area (Å²) < 4.78 is 6.57. The van der Waals surface area contributed by atoms with E-state index in [9.17, 15) is 0 Å². The van der Waals surface area contributed by atoms with Crippen LogP contribution in [0.2, 0.25) is 0 Å². The molecule has 0 saturated carbocycles. The average Bonchev–Trinajstić information content (AvgIpc) is 2.05. The Morgan fingerprint density at radius 1 is 1.46 bits per heavy atom. The van der Waals surface area contributed by atoms with Crippen molar-refractivity contribution in [3.05, 3.63) is 28.5 Å². The zero-order valence-corrected chi connectivity index (χ0v) is 9.76. The van der Waals surface area contributed by atoms with Crippen LogP contribution in [0.3, 0.4) is 0 Å². The van der Waals surface area contributed by atoms with Crippen LogP contribution in [0, 0.1) is 0 Å². The maximum atomic E-state index is 5.58. The summed E-state index contributed by atoms with van der Waals surface area (Å²) in [5.74, 6) is 0. The summed E-state index contributed by atoms with van der Waals surface area (Å²) in [6.45, 7) is 6.73. The first-order chi connectivity index (χ1) is 6.06. The standard InChI is InChI=1S/C10H14BrNO/c1-4-13-10(2,3)9-6-5-8(11)7-12-9/h5-7H,4H2,1-3H3. The summed E-state index contributed by atoms with van der Waals surface area (Å²) in [4.78, 5) is 4.30. The van der Waals surface area contributed by atoms with Gasteiger partial charge in [0.1, 0.15) is 5.60 Å². The Balaban J connectivity index is 2.87. The van der Waals surface area contributed by atoms with E-state index in [1.54, 1.807) is 6.20 Å². The van der Waals surface area contributed by atoms with Crippen LogP contribution in [0.1, 0.15) is 26.5 Å². The summed E-state index contributed by atoms with van der Waals surface area (Å²) in [6, 6.07) is 3.95. The van der Waals surface area contributed by atoms with E-state index in [0.717, 1.165) is 10.2 Å². The van der Waals surface area contributed by atoms with E-state index in [4.69, 9.17) is 4.74 Å².